The van der Waals surface area contributed by atoms with Crippen molar-refractivity contribution in [2.24, 2.45) is 0 Å². The van der Waals surface area contributed by atoms with E-state index in [4.69, 9.17) is 14.5 Å². The number of nitriles is 1. The second kappa shape index (κ2) is 8.47. The molecule has 6 heteroatoms. The van der Waals surface area contributed by atoms with Gasteiger partial charge in [-0.3, -0.25) is 0 Å². The first-order chi connectivity index (χ1) is 13.1. The lowest BCUT2D eigenvalue weighted by Crippen LogP contribution is -2.06. The number of nitrogens with zero attached hydrogens (tertiary/aromatic N) is 3. The summed E-state index contributed by atoms with van der Waals surface area (Å²) in [6, 6.07) is 15.1. The number of aliphatic hydroxyl groups excluding tert-OH is 1. The van der Waals surface area contributed by atoms with Crippen LogP contribution < -0.4 is 4.74 Å². The second-order valence-electron chi connectivity index (χ2n) is 6.46. The molecule has 0 radical (unpaired) electrons. The van der Waals surface area contributed by atoms with Crippen molar-refractivity contribution in [1.82, 2.24) is 10.1 Å². The van der Waals surface area contributed by atoms with Crippen LogP contribution in [0.5, 0.6) is 5.75 Å². The van der Waals surface area contributed by atoms with Crippen molar-refractivity contribution < 1.29 is 14.4 Å². The quantitative estimate of drug-likeness (QED) is 0.754. The van der Waals surface area contributed by atoms with Gasteiger partial charge in [0.25, 0.3) is 0 Å². The third-order valence-corrected chi connectivity index (χ3v) is 4.21. The van der Waals surface area contributed by atoms with Crippen LogP contribution in [0.15, 0.2) is 53.4 Å². The Morgan fingerprint density at radius 1 is 1.22 bits per heavy atom. The molecular formula is C21H21N3O3. The van der Waals surface area contributed by atoms with Gasteiger partial charge in [-0.25, -0.2) is 0 Å². The molecule has 3 aromatic rings. The van der Waals surface area contributed by atoms with Crippen LogP contribution in [0.2, 0.25) is 0 Å². The molecule has 0 aliphatic heterocycles. The molecule has 27 heavy (non-hydrogen) atoms. The van der Waals surface area contributed by atoms with Gasteiger partial charge in [0, 0.05) is 5.56 Å². The predicted octanol–water partition coefficient (Wildman–Crippen LogP) is 4.06. The average Bonchev–Trinajstić information content (AvgIpc) is 3.33. The number of hydrogen-bond acceptors (Lipinski definition) is 6. The number of para-hydroxylation sites is 1. The third kappa shape index (κ3) is 4.33. The minimum atomic E-state index is -0.341. The smallest absolute Gasteiger partial charge is 0.214 e. The first-order valence-corrected chi connectivity index (χ1v) is 8.82. The topological polar surface area (TPSA) is 92.2 Å². The van der Waals surface area contributed by atoms with Gasteiger partial charge in [0.2, 0.25) is 12.2 Å². The van der Waals surface area contributed by atoms with Crippen molar-refractivity contribution in [3.05, 3.63) is 65.5 Å². The highest BCUT2D eigenvalue weighted by atomic mass is 16.5. The van der Waals surface area contributed by atoms with Crippen LogP contribution in [0.1, 0.15) is 43.1 Å². The van der Waals surface area contributed by atoms with Crippen LogP contribution in [0.3, 0.4) is 0 Å². The Kier molecular flexibility index (Phi) is 5.84. The molecule has 1 atom stereocenters. The molecule has 0 fully saturated rings. The van der Waals surface area contributed by atoms with E-state index in [9.17, 15) is 5.11 Å². The SMILES string of the molecule is CC(C)Oc1ccccc1C#N.OC1CCc2c(-c3ncon3)cccc21. The first-order valence-electron chi connectivity index (χ1n) is 8.82. The normalized spacial score (nSPS) is 14.9. The van der Waals surface area contributed by atoms with Gasteiger partial charge in [0.1, 0.15) is 11.8 Å². The maximum absolute atomic E-state index is 9.74. The lowest BCUT2D eigenvalue weighted by Gasteiger charge is -2.09. The van der Waals surface area contributed by atoms with Gasteiger partial charge < -0.3 is 14.4 Å². The van der Waals surface area contributed by atoms with Crippen LogP contribution in [-0.4, -0.2) is 21.4 Å². The molecule has 4 rings (SSSR count). The number of ether oxygens (including phenoxy) is 1. The number of rotatable bonds is 3. The average molecular weight is 363 g/mol. The molecule has 1 aliphatic carbocycles. The molecule has 0 amide bonds. The maximum Gasteiger partial charge on any atom is 0.214 e. The van der Waals surface area contributed by atoms with Gasteiger partial charge in [-0.2, -0.15) is 10.2 Å². The standard InChI is InChI=1S/C11H10N2O2.C10H11NO/c14-10-5-4-7-8(10)2-1-3-9(7)11-12-6-15-13-11;1-8(2)12-10-6-4-3-5-9(10)7-11/h1-3,6,10,14H,4-5H2;3-6,8H,1-2H3. The van der Waals surface area contributed by atoms with E-state index in [1.807, 2.05) is 44.2 Å². The van der Waals surface area contributed by atoms with E-state index in [1.165, 1.54) is 6.39 Å². The number of benzene rings is 2. The highest BCUT2D eigenvalue weighted by Gasteiger charge is 2.23. The van der Waals surface area contributed by atoms with E-state index >= 15 is 0 Å². The van der Waals surface area contributed by atoms with Gasteiger partial charge in [0.05, 0.1) is 17.8 Å². The highest BCUT2D eigenvalue weighted by Crippen LogP contribution is 2.36. The molecule has 138 valence electrons. The zero-order valence-corrected chi connectivity index (χ0v) is 15.3. The zero-order chi connectivity index (χ0) is 19.2. The Morgan fingerprint density at radius 3 is 2.74 bits per heavy atom. The Balaban J connectivity index is 0.000000161. The molecule has 0 saturated carbocycles. The van der Waals surface area contributed by atoms with Gasteiger partial charge in [-0.05, 0) is 49.9 Å². The molecule has 1 aromatic heterocycles. The van der Waals surface area contributed by atoms with Gasteiger partial charge in [-0.15, -0.1) is 0 Å². The second-order valence-corrected chi connectivity index (χ2v) is 6.46. The molecule has 6 nitrogen and oxygen atoms in total. The number of aliphatic hydroxyl groups is 1. The number of hydrogen-bond donors (Lipinski definition) is 1. The molecule has 1 aliphatic rings. The van der Waals surface area contributed by atoms with Crippen molar-refractivity contribution in [1.29, 1.82) is 5.26 Å². The molecule has 0 saturated heterocycles. The van der Waals surface area contributed by atoms with E-state index in [0.29, 0.717) is 17.1 Å². The number of aromatic nitrogens is 2. The largest absolute Gasteiger partial charge is 0.490 e. The lowest BCUT2D eigenvalue weighted by atomic mass is 10.0. The summed E-state index contributed by atoms with van der Waals surface area (Å²) >= 11 is 0. The fourth-order valence-electron chi connectivity index (χ4n) is 3.05. The summed E-state index contributed by atoms with van der Waals surface area (Å²) in [6.07, 6.45) is 2.75. The van der Waals surface area contributed by atoms with Crippen LogP contribution in [0.25, 0.3) is 11.4 Å². The van der Waals surface area contributed by atoms with E-state index in [0.717, 1.165) is 29.5 Å². The minimum Gasteiger partial charge on any atom is -0.490 e. The van der Waals surface area contributed by atoms with Crippen LogP contribution >= 0.6 is 0 Å². The van der Waals surface area contributed by atoms with E-state index < -0.39 is 0 Å². The van der Waals surface area contributed by atoms with Gasteiger partial charge in [0.15, 0.2) is 0 Å². The van der Waals surface area contributed by atoms with E-state index in [2.05, 4.69) is 16.2 Å². The Labute approximate surface area is 158 Å². The lowest BCUT2D eigenvalue weighted by molar-refractivity contribution is 0.180. The highest BCUT2D eigenvalue weighted by molar-refractivity contribution is 5.63. The van der Waals surface area contributed by atoms with E-state index in [1.54, 1.807) is 12.1 Å². The monoisotopic (exact) mass is 363 g/mol. The Hall–Kier alpha value is -3.17. The molecular weight excluding hydrogens is 342 g/mol. The first kappa shape index (κ1) is 18.6. The van der Waals surface area contributed by atoms with Crippen molar-refractivity contribution >= 4 is 0 Å². The summed E-state index contributed by atoms with van der Waals surface area (Å²) < 4.78 is 10.1. The molecule has 0 bridgehead atoms. The fraction of sp³-hybridized carbons (Fsp3) is 0.286. The maximum atomic E-state index is 9.74. The van der Waals surface area contributed by atoms with Crippen molar-refractivity contribution in [3.8, 4) is 23.2 Å². The van der Waals surface area contributed by atoms with Crippen molar-refractivity contribution in [2.75, 3.05) is 0 Å². The fourth-order valence-corrected chi connectivity index (χ4v) is 3.05. The summed E-state index contributed by atoms with van der Waals surface area (Å²) in [4.78, 5) is 4.03. The zero-order valence-electron chi connectivity index (χ0n) is 15.3. The molecule has 0 spiro atoms. The van der Waals surface area contributed by atoms with E-state index in [-0.39, 0.29) is 12.2 Å². The summed E-state index contributed by atoms with van der Waals surface area (Å²) in [6.45, 7) is 3.88. The van der Waals surface area contributed by atoms with Gasteiger partial charge >= 0.3 is 0 Å². The van der Waals surface area contributed by atoms with Crippen molar-refractivity contribution in [2.45, 2.75) is 38.9 Å². The Morgan fingerprint density at radius 2 is 2.04 bits per heavy atom. The van der Waals surface area contributed by atoms with Gasteiger partial charge in [-0.1, -0.05) is 35.5 Å². The predicted molar refractivity (Wildman–Crippen MR) is 99.9 cm³/mol. The number of fused-ring (bicyclic) bond motifs is 1. The summed E-state index contributed by atoms with van der Waals surface area (Å²) in [5.41, 5.74) is 3.70. The van der Waals surface area contributed by atoms with Crippen LogP contribution in [0, 0.1) is 11.3 Å². The van der Waals surface area contributed by atoms with Crippen LogP contribution in [-0.2, 0) is 6.42 Å². The minimum absolute atomic E-state index is 0.111. The summed E-state index contributed by atoms with van der Waals surface area (Å²) in [7, 11) is 0. The van der Waals surface area contributed by atoms with Crippen LogP contribution in [0.4, 0.5) is 0 Å². The van der Waals surface area contributed by atoms with Crippen molar-refractivity contribution in [3.63, 3.8) is 0 Å². The molecule has 1 heterocycles. The molecule has 2 aromatic carbocycles. The Bertz CT molecular complexity index is 930. The summed E-state index contributed by atoms with van der Waals surface area (Å²) in [5, 5.41) is 22.3. The third-order valence-electron chi connectivity index (χ3n) is 4.21. The molecule has 1 unspecified atom stereocenters. The molecule has 1 N–H and O–H groups in total. The summed E-state index contributed by atoms with van der Waals surface area (Å²) in [5.74, 6) is 1.26.